The van der Waals surface area contributed by atoms with E-state index in [0.717, 1.165) is 18.3 Å². The Kier molecular flexibility index (Phi) is 6.78. The van der Waals surface area contributed by atoms with Gasteiger partial charge in [0.15, 0.2) is 11.5 Å². The first-order valence-electron chi connectivity index (χ1n) is 8.74. The average molecular weight is 496 g/mol. The van der Waals surface area contributed by atoms with Crippen LogP contribution in [0.4, 0.5) is 5.69 Å². The predicted octanol–water partition coefficient (Wildman–Crippen LogP) is 3.67. The number of anilines is 1. The Labute approximate surface area is 192 Å². The van der Waals surface area contributed by atoms with Gasteiger partial charge in [-0.2, -0.15) is 5.10 Å². The fraction of sp³-hybridized carbons (Fsp3) is 0. The number of sulfonamides is 1. The van der Waals surface area contributed by atoms with Crippen LogP contribution < -0.4 is 10.1 Å². The molecule has 0 aliphatic carbocycles. The van der Waals surface area contributed by atoms with E-state index in [1.807, 2.05) is 0 Å². The van der Waals surface area contributed by atoms with Gasteiger partial charge in [-0.3, -0.25) is 9.52 Å². The highest BCUT2D eigenvalue weighted by atomic mass is 35.5. The van der Waals surface area contributed by atoms with Crippen LogP contribution >= 0.6 is 23.2 Å². The first-order chi connectivity index (χ1) is 15.1. The van der Waals surface area contributed by atoms with E-state index in [1.165, 1.54) is 42.5 Å². The van der Waals surface area contributed by atoms with Crippen molar-refractivity contribution in [2.75, 3.05) is 4.72 Å². The third-order valence-corrected chi connectivity index (χ3v) is 6.04. The zero-order valence-electron chi connectivity index (χ0n) is 16.0. The van der Waals surface area contributed by atoms with Crippen molar-refractivity contribution in [3.05, 3.63) is 75.8 Å². The molecule has 0 spiro atoms. The van der Waals surface area contributed by atoms with Crippen molar-refractivity contribution in [2.45, 2.75) is 4.90 Å². The molecule has 0 bridgehead atoms. The van der Waals surface area contributed by atoms with Gasteiger partial charge in [-0.25, -0.2) is 13.8 Å². The van der Waals surface area contributed by atoms with E-state index >= 15 is 0 Å². The largest absolute Gasteiger partial charge is 0.504 e. The van der Waals surface area contributed by atoms with Crippen LogP contribution in [0.1, 0.15) is 15.9 Å². The molecule has 3 aromatic carbocycles. The number of aromatic hydroxyl groups is 3. The van der Waals surface area contributed by atoms with Gasteiger partial charge in [-0.05, 0) is 48.5 Å². The van der Waals surface area contributed by atoms with Crippen molar-refractivity contribution in [3.8, 4) is 17.2 Å². The van der Waals surface area contributed by atoms with Crippen LogP contribution in [0.15, 0.2) is 64.6 Å². The number of benzene rings is 3. The van der Waals surface area contributed by atoms with Crippen LogP contribution in [0.3, 0.4) is 0 Å². The van der Waals surface area contributed by atoms with Crippen LogP contribution in [-0.4, -0.2) is 35.9 Å². The molecule has 3 aromatic rings. The molecular weight excluding hydrogens is 481 g/mol. The highest BCUT2D eigenvalue weighted by Crippen LogP contribution is 2.36. The summed E-state index contributed by atoms with van der Waals surface area (Å²) in [5.41, 5.74) is 2.27. The molecule has 0 fully saturated rings. The minimum absolute atomic E-state index is 0.0139. The molecule has 12 heteroatoms. The number of carbonyl (C=O) groups excluding carboxylic acids is 1. The fourth-order valence-electron chi connectivity index (χ4n) is 2.50. The third kappa shape index (κ3) is 5.22. The SMILES string of the molecule is O=C(N/N=C/c1ccc(O)c(O)c1O)c1cccc(S(=O)(=O)Nc2cc(Cl)ccc2Cl)c1. The molecule has 0 aliphatic rings. The van der Waals surface area contributed by atoms with Gasteiger partial charge in [0.1, 0.15) is 0 Å². The number of nitrogens with zero attached hydrogens (tertiary/aromatic N) is 1. The second-order valence-electron chi connectivity index (χ2n) is 6.33. The molecule has 1 amide bonds. The summed E-state index contributed by atoms with van der Waals surface area (Å²) in [7, 11) is -4.08. The smallest absolute Gasteiger partial charge is 0.271 e. The number of carbonyl (C=O) groups is 1. The standard InChI is InChI=1S/C20H15Cl2N3O6S/c21-13-5-6-15(22)16(9-13)25-32(30,31)14-3-1-2-11(8-14)20(29)24-23-10-12-4-7-17(26)19(28)18(12)27/h1-10,25-28H,(H,24,29)/b23-10+. The number of phenols is 3. The Morgan fingerprint density at radius 3 is 2.47 bits per heavy atom. The number of nitrogens with one attached hydrogen (secondary N) is 2. The van der Waals surface area contributed by atoms with Crippen LogP contribution in [0.25, 0.3) is 0 Å². The Morgan fingerprint density at radius 2 is 1.72 bits per heavy atom. The predicted molar refractivity (Wildman–Crippen MR) is 120 cm³/mol. The summed E-state index contributed by atoms with van der Waals surface area (Å²) < 4.78 is 27.7. The molecule has 3 rings (SSSR count). The second kappa shape index (κ2) is 9.35. The number of phenolic OH excluding ortho intramolecular Hbond substituents is 3. The van der Waals surface area contributed by atoms with Gasteiger partial charge in [0.05, 0.1) is 21.8 Å². The molecule has 0 saturated carbocycles. The van der Waals surface area contributed by atoms with Gasteiger partial charge in [0, 0.05) is 16.1 Å². The summed E-state index contributed by atoms with van der Waals surface area (Å²) in [6.45, 7) is 0. The number of hydrogen-bond donors (Lipinski definition) is 5. The highest BCUT2D eigenvalue weighted by Gasteiger charge is 2.18. The summed E-state index contributed by atoms with van der Waals surface area (Å²) in [6, 6.07) is 11.9. The minimum atomic E-state index is -4.08. The van der Waals surface area contributed by atoms with E-state index in [4.69, 9.17) is 23.2 Å². The second-order valence-corrected chi connectivity index (χ2v) is 8.85. The summed E-state index contributed by atoms with van der Waals surface area (Å²) in [5.74, 6) is -2.61. The molecule has 0 unspecified atom stereocenters. The summed E-state index contributed by atoms with van der Waals surface area (Å²) in [6.07, 6.45) is 1.04. The van der Waals surface area contributed by atoms with E-state index in [9.17, 15) is 28.5 Å². The lowest BCUT2D eigenvalue weighted by Gasteiger charge is -2.11. The van der Waals surface area contributed by atoms with Crippen LogP contribution in [0.2, 0.25) is 10.0 Å². The maximum atomic E-state index is 12.7. The maximum Gasteiger partial charge on any atom is 0.271 e. The van der Waals surface area contributed by atoms with Crippen molar-refractivity contribution >= 4 is 51.0 Å². The van der Waals surface area contributed by atoms with Crippen molar-refractivity contribution < 1.29 is 28.5 Å². The number of hydrogen-bond acceptors (Lipinski definition) is 7. The number of amides is 1. The molecule has 0 aliphatic heterocycles. The third-order valence-electron chi connectivity index (χ3n) is 4.11. The zero-order chi connectivity index (χ0) is 23.5. The fourth-order valence-corrected chi connectivity index (χ4v) is 4.01. The Hall–Kier alpha value is -3.47. The van der Waals surface area contributed by atoms with Gasteiger partial charge >= 0.3 is 0 Å². The van der Waals surface area contributed by atoms with E-state index < -0.39 is 33.2 Å². The van der Waals surface area contributed by atoms with Crippen molar-refractivity contribution in [3.63, 3.8) is 0 Å². The molecule has 0 radical (unpaired) electrons. The topological polar surface area (TPSA) is 148 Å². The Morgan fingerprint density at radius 1 is 0.969 bits per heavy atom. The van der Waals surface area contributed by atoms with Crippen LogP contribution in [-0.2, 0) is 10.0 Å². The summed E-state index contributed by atoms with van der Waals surface area (Å²) >= 11 is 11.9. The van der Waals surface area contributed by atoms with E-state index in [1.54, 1.807) is 0 Å². The lowest BCUT2D eigenvalue weighted by molar-refractivity contribution is 0.0955. The lowest BCUT2D eigenvalue weighted by atomic mass is 10.2. The molecular formula is C20H15Cl2N3O6S. The zero-order valence-corrected chi connectivity index (χ0v) is 18.3. The van der Waals surface area contributed by atoms with E-state index in [-0.39, 0.29) is 31.8 Å². The minimum Gasteiger partial charge on any atom is -0.504 e. The van der Waals surface area contributed by atoms with Crippen molar-refractivity contribution in [2.24, 2.45) is 5.10 Å². The number of halogens is 2. The quantitative estimate of drug-likeness (QED) is 0.200. The molecule has 0 atom stereocenters. The van der Waals surface area contributed by atoms with Gasteiger partial charge in [0.2, 0.25) is 5.75 Å². The molecule has 5 N–H and O–H groups in total. The molecule has 32 heavy (non-hydrogen) atoms. The number of rotatable bonds is 6. The molecule has 0 heterocycles. The highest BCUT2D eigenvalue weighted by molar-refractivity contribution is 7.92. The first kappa shape index (κ1) is 23.2. The average Bonchev–Trinajstić information content (AvgIpc) is 2.76. The van der Waals surface area contributed by atoms with Crippen molar-refractivity contribution in [1.29, 1.82) is 0 Å². The maximum absolute atomic E-state index is 12.7. The van der Waals surface area contributed by atoms with E-state index in [2.05, 4.69) is 15.2 Å². The first-order valence-corrected chi connectivity index (χ1v) is 11.0. The number of hydrazone groups is 1. The normalized spacial score (nSPS) is 11.4. The van der Waals surface area contributed by atoms with Gasteiger partial charge in [0.25, 0.3) is 15.9 Å². The van der Waals surface area contributed by atoms with E-state index in [0.29, 0.717) is 0 Å². The lowest BCUT2D eigenvalue weighted by Crippen LogP contribution is -2.19. The Bertz CT molecular complexity index is 1330. The van der Waals surface area contributed by atoms with Gasteiger partial charge in [-0.15, -0.1) is 0 Å². The van der Waals surface area contributed by atoms with Crippen LogP contribution in [0.5, 0.6) is 17.2 Å². The van der Waals surface area contributed by atoms with Gasteiger partial charge < -0.3 is 15.3 Å². The molecule has 0 aromatic heterocycles. The summed E-state index contributed by atoms with van der Waals surface area (Å²) in [4.78, 5) is 12.1. The van der Waals surface area contributed by atoms with Gasteiger partial charge in [-0.1, -0.05) is 29.3 Å². The van der Waals surface area contributed by atoms with Crippen molar-refractivity contribution in [1.82, 2.24) is 5.43 Å². The molecule has 9 nitrogen and oxygen atoms in total. The van der Waals surface area contributed by atoms with Crippen LogP contribution in [0, 0.1) is 0 Å². The Balaban J connectivity index is 1.77. The summed E-state index contributed by atoms with van der Waals surface area (Å²) in [5, 5.41) is 32.6. The molecule has 0 saturated heterocycles. The molecule has 166 valence electrons. The monoisotopic (exact) mass is 495 g/mol.